The highest BCUT2D eigenvalue weighted by atomic mass is 32.2. The summed E-state index contributed by atoms with van der Waals surface area (Å²) in [5.41, 5.74) is 3.42. The highest BCUT2D eigenvalue weighted by Crippen LogP contribution is 2.52. The summed E-state index contributed by atoms with van der Waals surface area (Å²) < 4.78 is 1.87. The lowest BCUT2D eigenvalue weighted by Gasteiger charge is -2.33. The molecule has 0 saturated carbocycles. The van der Waals surface area contributed by atoms with Crippen molar-refractivity contribution in [3.63, 3.8) is 0 Å². The van der Waals surface area contributed by atoms with E-state index in [1.807, 2.05) is 47.0 Å². The first kappa shape index (κ1) is 16.6. The summed E-state index contributed by atoms with van der Waals surface area (Å²) in [4.78, 5) is 16.3. The Morgan fingerprint density at radius 3 is 2.67 bits per heavy atom. The lowest BCUT2D eigenvalue weighted by molar-refractivity contribution is -0.138. The molecule has 0 amide bonds. The molecule has 27 heavy (non-hydrogen) atoms. The third kappa shape index (κ3) is 2.37. The number of rotatable bonds is 3. The molecule has 1 aliphatic carbocycles. The topological polar surface area (TPSA) is 75.3 Å². The molecule has 5 rings (SSSR count). The zero-order valence-corrected chi connectivity index (χ0v) is 15.3. The number of hydrogen-bond donors (Lipinski definition) is 2. The third-order valence-corrected chi connectivity index (χ3v) is 6.68. The van der Waals surface area contributed by atoms with Crippen molar-refractivity contribution in [3.05, 3.63) is 71.4 Å². The maximum Gasteiger partial charge on any atom is 0.304 e. The van der Waals surface area contributed by atoms with Crippen molar-refractivity contribution in [3.8, 4) is 11.3 Å². The molecular formula is C21H18N2O3S. The molecule has 0 radical (unpaired) electrons. The standard InChI is InChI=1S/C21H18N2O3S/c24-18(25)12-17-21(26,14-7-2-1-3-8-14)23-19-15-9-5-4-6-13(15)10-11-16(19)22-20(23)27-17/h1-9,17,26H,10-12H2,(H,24,25)/t17-,21+/m1/s1. The van der Waals surface area contributed by atoms with Crippen LogP contribution in [0.15, 0.2) is 59.8 Å². The Morgan fingerprint density at radius 2 is 1.89 bits per heavy atom. The molecule has 0 spiro atoms. The number of thioether (sulfide) groups is 1. The van der Waals surface area contributed by atoms with Gasteiger partial charge in [-0.3, -0.25) is 9.36 Å². The van der Waals surface area contributed by atoms with E-state index in [0.717, 1.165) is 29.8 Å². The van der Waals surface area contributed by atoms with Gasteiger partial charge in [0.05, 0.1) is 23.1 Å². The third-order valence-electron chi connectivity index (χ3n) is 5.42. The molecule has 0 fully saturated rings. The van der Waals surface area contributed by atoms with Gasteiger partial charge in [0.2, 0.25) is 0 Å². The Bertz CT molecular complexity index is 1050. The molecule has 2 aliphatic rings. The first-order chi connectivity index (χ1) is 13.1. The predicted octanol–water partition coefficient (Wildman–Crippen LogP) is 3.29. The normalized spacial score (nSPS) is 22.8. The molecule has 0 unspecified atom stereocenters. The van der Waals surface area contributed by atoms with Crippen LogP contribution < -0.4 is 0 Å². The minimum atomic E-state index is -1.45. The van der Waals surface area contributed by atoms with Gasteiger partial charge in [-0.2, -0.15) is 0 Å². The van der Waals surface area contributed by atoms with Crippen molar-refractivity contribution < 1.29 is 15.0 Å². The second-order valence-electron chi connectivity index (χ2n) is 6.98. The van der Waals surface area contributed by atoms with Crippen molar-refractivity contribution in [1.82, 2.24) is 9.55 Å². The number of carboxylic acid groups (broad SMARTS) is 1. The molecule has 3 aromatic rings. The smallest absolute Gasteiger partial charge is 0.304 e. The van der Waals surface area contributed by atoms with Crippen molar-refractivity contribution in [2.75, 3.05) is 0 Å². The lowest BCUT2D eigenvalue weighted by atomic mass is 9.90. The molecule has 2 heterocycles. The van der Waals surface area contributed by atoms with Gasteiger partial charge in [0.1, 0.15) is 0 Å². The average molecular weight is 378 g/mol. The van der Waals surface area contributed by atoms with Crippen molar-refractivity contribution in [2.24, 2.45) is 0 Å². The van der Waals surface area contributed by atoms with Crippen LogP contribution in [0.3, 0.4) is 0 Å². The number of aliphatic carboxylic acids is 1. The average Bonchev–Trinajstić information content (AvgIpc) is 3.17. The predicted molar refractivity (Wildman–Crippen MR) is 103 cm³/mol. The maximum atomic E-state index is 11.9. The van der Waals surface area contributed by atoms with Crippen LogP contribution in [0, 0.1) is 0 Å². The van der Waals surface area contributed by atoms with Crippen LogP contribution in [0.1, 0.15) is 23.2 Å². The molecule has 136 valence electrons. The number of carbonyl (C=O) groups is 1. The highest BCUT2D eigenvalue weighted by Gasteiger charge is 2.51. The number of aromatic nitrogens is 2. The van der Waals surface area contributed by atoms with Gasteiger partial charge in [0.15, 0.2) is 10.9 Å². The number of fused-ring (bicyclic) bond motifs is 5. The summed E-state index contributed by atoms with van der Waals surface area (Å²) in [6, 6.07) is 17.5. The van der Waals surface area contributed by atoms with Crippen LogP contribution in [-0.2, 0) is 23.4 Å². The summed E-state index contributed by atoms with van der Waals surface area (Å²) in [5, 5.41) is 21.5. The fourth-order valence-electron chi connectivity index (χ4n) is 4.21. The van der Waals surface area contributed by atoms with Crippen LogP contribution in [0.5, 0.6) is 0 Å². The molecule has 0 saturated heterocycles. The van der Waals surface area contributed by atoms with Crippen molar-refractivity contribution in [2.45, 2.75) is 35.4 Å². The first-order valence-corrected chi connectivity index (χ1v) is 9.83. The molecular weight excluding hydrogens is 360 g/mol. The first-order valence-electron chi connectivity index (χ1n) is 8.95. The van der Waals surface area contributed by atoms with E-state index in [4.69, 9.17) is 4.98 Å². The van der Waals surface area contributed by atoms with Crippen LogP contribution >= 0.6 is 11.8 Å². The summed E-state index contributed by atoms with van der Waals surface area (Å²) in [6.45, 7) is 0. The fraction of sp³-hybridized carbons (Fsp3) is 0.238. The van der Waals surface area contributed by atoms with E-state index >= 15 is 0 Å². The van der Waals surface area contributed by atoms with Gasteiger partial charge < -0.3 is 10.2 Å². The van der Waals surface area contributed by atoms with E-state index in [-0.39, 0.29) is 6.42 Å². The quantitative estimate of drug-likeness (QED) is 0.731. The molecule has 2 aromatic carbocycles. The Morgan fingerprint density at radius 1 is 1.15 bits per heavy atom. The Kier molecular flexibility index (Phi) is 3.67. The monoisotopic (exact) mass is 378 g/mol. The number of nitrogens with zero attached hydrogens (tertiary/aromatic N) is 2. The van der Waals surface area contributed by atoms with Crippen LogP contribution in [0.2, 0.25) is 0 Å². The zero-order chi connectivity index (χ0) is 18.6. The number of hydrogen-bond acceptors (Lipinski definition) is 4. The minimum Gasteiger partial charge on any atom is -0.481 e. The van der Waals surface area contributed by atoms with E-state index in [2.05, 4.69) is 12.1 Å². The van der Waals surface area contributed by atoms with Gasteiger partial charge >= 0.3 is 5.97 Å². The van der Waals surface area contributed by atoms with Crippen LogP contribution in [-0.4, -0.2) is 31.0 Å². The number of imidazole rings is 1. The second kappa shape index (κ2) is 5.97. The van der Waals surface area contributed by atoms with Crippen molar-refractivity contribution >= 4 is 17.7 Å². The van der Waals surface area contributed by atoms with E-state index in [1.54, 1.807) is 0 Å². The number of benzene rings is 2. The molecule has 6 heteroatoms. The Labute approximate surface area is 160 Å². The molecule has 0 bridgehead atoms. The summed E-state index contributed by atoms with van der Waals surface area (Å²) in [6.07, 6.45) is 1.60. The molecule has 5 nitrogen and oxygen atoms in total. The van der Waals surface area contributed by atoms with Crippen LogP contribution in [0.25, 0.3) is 11.3 Å². The van der Waals surface area contributed by atoms with E-state index in [9.17, 15) is 15.0 Å². The number of aliphatic hydroxyl groups is 1. The van der Waals surface area contributed by atoms with Gasteiger partial charge in [-0.15, -0.1) is 0 Å². The Hall–Kier alpha value is -2.57. The fourth-order valence-corrected chi connectivity index (χ4v) is 5.59. The molecule has 2 N–H and O–H groups in total. The van der Waals surface area contributed by atoms with Gasteiger partial charge in [-0.25, -0.2) is 4.98 Å². The van der Waals surface area contributed by atoms with Gasteiger partial charge in [-0.05, 0) is 18.4 Å². The zero-order valence-electron chi connectivity index (χ0n) is 14.5. The van der Waals surface area contributed by atoms with Gasteiger partial charge in [0, 0.05) is 11.1 Å². The number of aryl methyl sites for hydroxylation is 2. The molecule has 1 aromatic heterocycles. The molecule has 1 aliphatic heterocycles. The van der Waals surface area contributed by atoms with Crippen LogP contribution in [0.4, 0.5) is 0 Å². The Balaban J connectivity index is 1.77. The minimum absolute atomic E-state index is 0.143. The van der Waals surface area contributed by atoms with E-state index in [1.165, 1.54) is 17.3 Å². The van der Waals surface area contributed by atoms with E-state index < -0.39 is 16.9 Å². The summed E-state index contributed by atoms with van der Waals surface area (Å²) >= 11 is 1.36. The number of carboxylic acids is 1. The largest absolute Gasteiger partial charge is 0.481 e. The van der Waals surface area contributed by atoms with Gasteiger partial charge in [-0.1, -0.05) is 66.4 Å². The summed E-state index contributed by atoms with van der Waals surface area (Å²) in [7, 11) is 0. The highest BCUT2D eigenvalue weighted by molar-refractivity contribution is 8.00. The second-order valence-corrected chi connectivity index (χ2v) is 8.15. The molecule has 2 atom stereocenters. The lowest BCUT2D eigenvalue weighted by Crippen LogP contribution is -2.42. The van der Waals surface area contributed by atoms with E-state index in [0.29, 0.717) is 10.7 Å². The maximum absolute atomic E-state index is 11.9. The van der Waals surface area contributed by atoms with Crippen molar-refractivity contribution in [1.29, 1.82) is 0 Å². The SMILES string of the molecule is O=C(O)C[C@H]1Sc2nc3c(n2[C@]1(O)c1ccccc1)-c1ccccc1CC3. The summed E-state index contributed by atoms with van der Waals surface area (Å²) in [5.74, 6) is -0.929. The van der Waals surface area contributed by atoms with Gasteiger partial charge in [0.25, 0.3) is 0 Å².